The highest BCUT2D eigenvalue weighted by molar-refractivity contribution is 7.20. The van der Waals surface area contributed by atoms with Crippen molar-refractivity contribution in [2.24, 2.45) is 5.92 Å². The zero-order valence-corrected chi connectivity index (χ0v) is 26.3. The van der Waals surface area contributed by atoms with Crippen LogP contribution in [0.25, 0.3) is 0 Å². The summed E-state index contributed by atoms with van der Waals surface area (Å²) in [4.78, 5) is 10.5. The van der Waals surface area contributed by atoms with Crippen LogP contribution < -0.4 is 0 Å². The van der Waals surface area contributed by atoms with Crippen molar-refractivity contribution in [2.75, 3.05) is 13.2 Å². The summed E-state index contributed by atoms with van der Waals surface area (Å²) in [5.41, 5.74) is 1.11. The van der Waals surface area contributed by atoms with Crippen molar-refractivity contribution in [3.63, 3.8) is 0 Å². The van der Waals surface area contributed by atoms with E-state index >= 15 is 0 Å². The second-order valence-corrected chi connectivity index (χ2v) is 23.2. The number of carbonyl (C=O) groups excluding carboxylic acids is 1. The standard InChI is InChI=1S/C12H26O2Si.C6H15ClSi.C6H12O2/c1-9-13-11(10(2)3)14-15(7,8)12(4,5)6;1-6(2,3)8(4,5)7;1-4-8-6(7)5(2)3/h9H2,1-8H3;1-5H3;5H,4H2,1-3H3. The van der Waals surface area contributed by atoms with Gasteiger partial charge in [0.2, 0.25) is 0 Å². The highest BCUT2D eigenvalue weighted by atomic mass is 35.6. The minimum absolute atomic E-state index is 0.00921. The molecule has 0 rings (SSSR count). The second-order valence-electron chi connectivity index (χ2n) is 11.2. The lowest BCUT2D eigenvalue weighted by Crippen LogP contribution is -2.40. The highest BCUT2D eigenvalue weighted by Crippen LogP contribution is 2.39. The number of allylic oxidation sites excluding steroid dienone is 1. The van der Waals surface area contributed by atoms with Crippen LogP contribution in [0.1, 0.15) is 83.1 Å². The Morgan fingerprint density at radius 2 is 1.19 bits per heavy atom. The predicted molar refractivity (Wildman–Crippen MR) is 143 cm³/mol. The molecule has 0 amide bonds. The number of hydrogen-bond acceptors (Lipinski definition) is 4. The van der Waals surface area contributed by atoms with Gasteiger partial charge in [-0.25, -0.2) is 0 Å². The van der Waals surface area contributed by atoms with Gasteiger partial charge < -0.3 is 13.9 Å². The van der Waals surface area contributed by atoms with Crippen molar-refractivity contribution in [1.29, 1.82) is 0 Å². The van der Waals surface area contributed by atoms with E-state index in [0.717, 1.165) is 11.5 Å². The van der Waals surface area contributed by atoms with E-state index in [1.807, 2.05) is 34.6 Å². The maximum absolute atomic E-state index is 10.5. The summed E-state index contributed by atoms with van der Waals surface area (Å²) in [5, 5.41) is 0.555. The summed E-state index contributed by atoms with van der Waals surface area (Å²) in [6.45, 7) is 34.7. The first-order valence-electron chi connectivity index (χ1n) is 11.4. The lowest BCUT2D eigenvalue weighted by Gasteiger charge is -2.37. The van der Waals surface area contributed by atoms with Crippen molar-refractivity contribution in [3.8, 4) is 0 Å². The first kappa shape index (κ1) is 35.1. The molecule has 0 aliphatic heterocycles. The molecule has 31 heavy (non-hydrogen) atoms. The van der Waals surface area contributed by atoms with E-state index in [0.29, 0.717) is 18.3 Å². The summed E-state index contributed by atoms with van der Waals surface area (Å²) in [6, 6.07) is 0. The molecule has 0 saturated heterocycles. The van der Waals surface area contributed by atoms with E-state index in [2.05, 4.69) is 72.5 Å². The first-order valence-corrected chi connectivity index (χ1v) is 18.3. The third-order valence-corrected chi connectivity index (χ3v) is 15.0. The fraction of sp³-hybridized carbons (Fsp3) is 0.875. The molecule has 0 N–H and O–H groups in total. The van der Waals surface area contributed by atoms with Gasteiger partial charge in [0.25, 0.3) is 14.3 Å². The van der Waals surface area contributed by atoms with Gasteiger partial charge in [0.1, 0.15) is 0 Å². The minimum Gasteiger partial charge on any atom is -0.519 e. The number of carbonyl (C=O) groups is 1. The van der Waals surface area contributed by atoms with Crippen LogP contribution in [0.2, 0.25) is 36.3 Å². The third kappa shape index (κ3) is 16.8. The zero-order valence-electron chi connectivity index (χ0n) is 23.5. The maximum atomic E-state index is 10.5. The van der Waals surface area contributed by atoms with Crippen LogP contribution in [0, 0.1) is 5.92 Å². The topological polar surface area (TPSA) is 44.8 Å². The molecule has 0 aliphatic rings. The Labute approximate surface area is 201 Å². The van der Waals surface area contributed by atoms with Crippen molar-refractivity contribution in [2.45, 2.75) is 119 Å². The fourth-order valence-corrected chi connectivity index (χ4v) is 2.13. The van der Waals surface area contributed by atoms with E-state index in [9.17, 15) is 4.79 Å². The third-order valence-electron chi connectivity index (χ3n) is 5.38. The highest BCUT2D eigenvalue weighted by Gasteiger charge is 2.40. The average Bonchev–Trinajstić information content (AvgIpc) is 2.52. The molecule has 0 heterocycles. The Hall–Kier alpha value is -0.466. The Morgan fingerprint density at radius 1 is 0.839 bits per heavy atom. The molecule has 0 unspecified atom stereocenters. The molecule has 0 radical (unpaired) electrons. The van der Waals surface area contributed by atoms with Crippen LogP contribution in [0.3, 0.4) is 0 Å². The van der Waals surface area contributed by atoms with Crippen molar-refractivity contribution in [1.82, 2.24) is 0 Å². The fourth-order valence-electron chi connectivity index (χ4n) is 1.10. The van der Waals surface area contributed by atoms with Crippen molar-refractivity contribution < 1.29 is 18.7 Å². The Morgan fingerprint density at radius 3 is 1.35 bits per heavy atom. The van der Waals surface area contributed by atoms with Crippen molar-refractivity contribution >= 4 is 32.7 Å². The van der Waals surface area contributed by atoms with E-state index < -0.39 is 15.7 Å². The first-order chi connectivity index (χ1) is 13.5. The smallest absolute Gasteiger partial charge is 0.308 e. The van der Waals surface area contributed by atoms with E-state index in [1.165, 1.54) is 0 Å². The van der Waals surface area contributed by atoms with Gasteiger partial charge in [0.05, 0.1) is 19.1 Å². The van der Waals surface area contributed by atoms with E-state index in [-0.39, 0.29) is 16.9 Å². The predicted octanol–water partition coefficient (Wildman–Crippen LogP) is 8.73. The quantitative estimate of drug-likeness (QED) is 0.159. The lowest BCUT2D eigenvalue weighted by atomic mass is 10.2. The number of rotatable bonds is 6. The molecule has 7 heteroatoms. The molecule has 0 spiro atoms. The Kier molecular flexibility index (Phi) is 16.6. The van der Waals surface area contributed by atoms with Crippen molar-refractivity contribution in [3.05, 3.63) is 11.5 Å². The van der Waals surface area contributed by atoms with Gasteiger partial charge >= 0.3 is 5.97 Å². The molecule has 0 aromatic rings. The van der Waals surface area contributed by atoms with Gasteiger partial charge in [-0.1, -0.05) is 68.5 Å². The van der Waals surface area contributed by atoms with Gasteiger partial charge in [-0.15, -0.1) is 0 Å². The minimum atomic E-state index is -1.75. The average molecular weight is 497 g/mol. The summed E-state index contributed by atoms with van der Waals surface area (Å²) in [6.07, 6.45) is 0. The van der Waals surface area contributed by atoms with Gasteiger partial charge in [0.15, 0.2) is 7.38 Å². The molecule has 0 saturated carbocycles. The molecule has 0 aliphatic carbocycles. The lowest BCUT2D eigenvalue weighted by molar-refractivity contribution is -0.146. The molecule has 4 nitrogen and oxygen atoms in total. The number of ether oxygens (including phenoxy) is 2. The Bertz CT molecular complexity index is 521. The van der Waals surface area contributed by atoms with Crippen LogP contribution in [-0.4, -0.2) is 34.9 Å². The van der Waals surface area contributed by atoms with Crippen LogP contribution in [0.4, 0.5) is 0 Å². The summed E-state index contributed by atoms with van der Waals surface area (Å²) in [5.74, 6) is 0.617. The van der Waals surface area contributed by atoms with Gasteiger partial charge in [-0.2, -0.15) is 11.1 Å². The molecule has 0 atom stereocenters. The molecule has 0 fully saturated rings. The van der Waals surface area contributed by atoms with Crippen LogP contribution in [0.15, 0.2) is 11.5 Å². The van der Waals surface area contributed by atoms with Gasteiger partial charge in [-0.3, -0.25) is 4.79 Å². The molecular formula is C24H53ClO4Si2. The van der Waals surface area contributed by atoms with E-state index in [1.54, 1.807) is 6.92 Å². The summed E-state index contributed by atoms with van der Waals surface area (Å²) >= 11 is 6.15. The number of halogens is 1. The second kappa shape index (κ2) is 14.6. The zero-order chi connectivity index (χ0) is 25.8. The molecule has 188 valence electrons. The molecule has 0 aromatic carbocycles. The largest absolute Gasteiger partial charge is 0.519 e. The SMILES string of the molecule is CC(C)(C)[Si](C)(C)Cl.CCOC(=O)C(C)C.CCOC(O[Si](C)(C)C(C)(C)C)=C(C)C. The summed E-state index contributed by atoms with van der Waals surface area (Å²) in [7, 11) is -3.14. The number of esters is 1. The van der Waals surface area contributed by atoms with Crippen LogP contribution in [-0.2, 0) is 18.7 Å². The molecular weight excluding hydrogens is 444 g/mol. The number of hydrogen-bond donors (Lipinski definition) is 0. The maximum Gasteiger partial charge on any atom is 0.308 e. The van der Waals surface area contributed by atoms with E-state index in [4.69, 9.17) is 20.2 Å². The molecule has 0 aromatic heterocycles. The van der Waals surface area contributed by atoms with Gasteiger partial charge in [0, 0.05) is 5.57 Å². The Balaban J connectivity index is -0.000000415. The normalized spacial score (nSPS) is 12.1. The summed E-state index contributed by atoms with van der Waals surface area (Å²) < 4.78 is 16.3. The monoisotopic (exact) mass is 496 g/mol. The van der Waals surface area contributed by atoms with Gasteiger partial charge in [-0.05, 0) is 50.9 Å². The van der Waals surface area contributed by atoms with Crippen LogP contribution >= 0.6 is 11.1 Å². The van der Waals surface area contributed by atoms with Crippen LogP contribution in [0.5, 0.6) is 0 Å². The molecule has 0 bridgehead atoms.